The number of imidazole rings is 1. The highest BCUT2D eigenvalue weighted by molar-refractivity contribution is 5.76. The molecule has 0 radical (unpaired) electrons. The quantitative estimate of drug-likeness (QED) is 0.662. The molecule has 142 valence electrons. The van der Waals surface area contributed by atoms with Crippen molar-refractivity contribution in [3.8, 4) is 0 Å². The summed E-state index contributed by atoms with van der Waals surface area (Å²) in [6.45, 7) is 0.836. The van der Waals surface area contributed by atoms with E-state index in [2.05, 4.69) is 9.88 Å². The van der Waals surface area contributed by atoms with E-state index in [1.54, 1.807) is 36.4 Å². The van der Waals surface area contributed by atoms with Gasteiger partial charge in [0.05, 0.1) is 29.8 Å². The first kappa shape index (κ1) is 18.0. The number of alkyl halides is 2. The summed E-state index contributed by atoms with van der Waals surface area (Å²) in [5.74, 6) is 0.0383. The molecule has 3 aromatic rings. The van der Waals surface area contributed by atoms with Crippen LogP contribution in [-0.4, -0.2) is 34.1 Å². The fourth-order valence-corrected chi connectivity index (χ4v) is 3.63. The van der Waals surface area contributed by atoms with Gasteiger partial charge in [-0.1, -0.05) is 24.3 Å². The number of ether oxygens (including phenoxy) is 1. The molecule has 2 unspecified atom stereocenters. The van der Waals surface area contributed by atoms with Crippen LogP contribution in [-0.2, 0) is 4.74 Å². The van der Waals surface area contributed by atoms with Crippen LogP contribution in [0, 0.1) is 5.82 Å². The van der Waals surface area contributed by atoms with Gasteiger partial charge in [-0.3, -0.25) is 9.47 Å². The molecular formula is C20H20F3N3O. The average molecular weight is 375 g/mol. The lowest BCUT2D eigenvalue weighted by Crippen LogP contribution is -2.40. The first-order chi connectivity index (χ1) is 13.0. The van der Waals surface area contributed by atoms with Gasteiger partial charge >= 0.3 is 6.55 Å². The van der Waals surface area contributed by atoms with Crippen LogP contribution >= 0.6 is 0 Å². The molecule has 1 aliphatic heterocycles. The van der Waals surface area contributed by atoms with E-state index in [1.165, 1.54) is 12.1 Å². The maximum Gasteiger partial charge on any atom is 0.320 e. The minimum atomic E-state index is -2.66. The Bertz CT molecular complexity index is 926. The molecule has 0 saturated carbocycles. The first-order valence-corrected chi connectivity index (χ1v) is 8.90. The van der Waals surface area contributed by atoms with E-state index >= 15 is 0 Å². The Labute approximate surface area is 155 Å². The highest BCUT2D eigenvalue weighted by Crippen LogP contribution is 2.32. The minimum absolute atomic E-state index is 0.230. The third-order valence-corrected chi connectivity index (χ3v) is 5.08. The van der Waals surface area contributed by atoms with Crippen molar-refractivity contribution in [1.29, 1.82) is 0 Å². The molecule has 1 saturated heterocycles. The van der Waals surface area contributed by atoms with Crippen LogP contribution in [0.15, 0.2) is 48.5 Å². The van der Waals surface area contributed by atoms with Crippen molar-refractivity contribution in [3.05, 3.63) is 65.7 Å². The maximum absolute atomic E-state index is 13.7. The Kier molecular flexibility index (Phi) is 4.88. The standard InChI is InChI=1S/C20H20F3N3O/c1-13(19-24-16-4-2-3-5-17(16)26(19)20(22)23)25-10-11-27-18(12-25)14-6-8-15(21)9-7-14/h2-9,13,18,20H,10-12H2,1H3. The zero-order valence-electron chi connectivity index (χ0n) is 14.9. The van der Waals surface area contributed by atoms with E-state index in [4.69, 9.17) is 4.74 Å². The van der Waals surface area contributed by atoms with Crippen LogP contribution < -0.4 is 0 Å². The summed E-state index contributed by atoms with van der Waals surface area (Å²) in [7, 11) is 0. The molecular weight excluding hydrogens is 355 g/mol. The van der Waals surface area contributed by atoms with Gasteiger partial charge in [-0.25, -0.2) is 9.37 Å². The van der Waals surface area contributed by atoms with Gasteiger partial charge in [-0.15, -0.1) is 0 Å². The van der Waals surface area contributed by atoms with Gasteiger partial charge in [0.25, 0.3) is 0 Å². The Morgan fingerprint density at radius 1 is 1.11 bits per heavy atom. The third kappa shape index (κ3) is 3.44. The summed E-state index contributed by atoms with van der Waals surface area (Å²) in [5.41, 5.74) is 1.86. The van der Waals surface area contributed by atoms with Crippen LogP contribution in [0.4, 0.5) is 13.2 Å². The van der Waals surface area contributed by atoms with Crippen molar-refractivity contribution in [2.45, 2.75) is 25.6 Å². The predicted octanol–water partition coefficient (Wildman–Crippen LogP) is 4.71. The Morgan fingerprint density at radius 3 is 2.59 bits per heavy atom. The zero-order valence-corrected chi connectivity index (χ0v) is 14.9. The van der Waals surface area contributed by atoms with Crippen molar-refractivity contribution in [2.75, 3.05) is 19.7 Å². The Morgan fingerprint density at radius 2 is 1.85 bits per heavy atom. The highest BCUT2D eigenvalue weighted by Gasteiger charge is 2.30. The number of rotatable bonds is 4. The number of hydrogen-bond acceptors (Lipinski definition) is 3. The average Bonchev–Trinajstić information content (AvgIpc) is 3.08. The fraction of sp³-hybridized carbons (Fsp3) is 0.350. The van der Waals surface area contributed by atoms with Gasteiger partial charge in [0.2, 0.25) is 0 Å². The van der Waals surface area contributed by atoms with Crippen molar-refractivity contribution in [1.82, 2.24) is 14.5 Å². The van der Waals surface area contributed by atoms with E-state index in [9.17, 15) is 13.2 Å². The normalized spacial score (nSPS) is 19.7. The molecule has 4 nitrogen and oxygen atoms in total. The number of morpholine rings is 1. The molecule has 27 heavy (non-hydrogen) atoms. The molecule has 0 N–H and O–H groups in total. The first-order valence-electron chi connectivity index (χ1n) is 8.90. The predicted molar refractivity (Wildman–Crippen MR) is 96.1 cm³/mol. The van der Waals surface area contributed by atoms with Gasteiger partial charge < -0.3 is 4.74 Å². The van der Waals surface area contributed by atoms with Gasteiger partial charge in [0.15, 0.2) is 0 Å². The number of nitrogens with zero attached hydrogens (tertiary/aromatic N) is 3. The molecule has 2 aromatic carbocycles. The molecule has 0 spiro atoms. The number of para-hydroxylation sites is 2. The Balaban J connectivity index is 1.62. The number of benzene rings is 2. The smallest absolute Gasteiger partial charge is 0.320 e. The molecule has 2 atom stereocenters. The van der Waals surface area contributed by atoms with Crippen molar-refractivity contribution in [3.63, 3.8) is 0 Å². The van der Waals surface area contributed by atoms with Crippen LogP contribution in [0.2, 0.25) is 0 Å². The number of halogens is 3. The maximum atomic E-state index is 13.7. The molecule has 1 aromatic heterocycles. The topological polar surface area (TPSA) is 30.3 Å². The summed E-state index contributed by atoms with van der Waals surface area (Å²) >= 11 is 0. The van der Waals surface area contributed by atoms with Crippen LogP contribution in [0.3, 0.4) is 0 Å². The molecule has 1 fully saturated rings. The van der Waals surface area contributed by atoms with Gasteiger partial charge in [0.1, 0.15) is 11.6 Å². The molecule has 2 heterocycles. The van der Waals surface area contributed by atoms with Crippen molar-refractivity contribution < 1.29 is 17.9 Å². The van der Waals surface area contributed by atoms with Crippen molar-refractivity contribution in [2.24, 2.45) is 0 Å². The second-order valence-electron chi connectivity index (χ2n) is 6.69. The van der Waals surface area contributed by atoms with E-state index in [1.807, 2.05) is 6.92 Å². The fourth-order valence-electron chi connectivity index (χ4n) is 3.63. The van der Waals surface area contributed by atoms with E-state index in [0.717, 1.165) is 10.1 Å². The van der Waals surface area contributed by atoms with Crippen LogP contribution in [0.1, 0.15) is 37.0 Å². The third-order valence-electron chi connectivity index (χ3n) is 5.08. The van der Waals surface area contributed by atoms with Crippen LogP contribution in [0.25, 0.3) is 11.0 Å². The number of hydrogen-bond donors (Lipinski definition) is 0. The van der Waals surface area contributed by atoms with Gasteiger partial charge in [0, 0.05) is 13.1 Å². The lowest BCUT2D eigenvalue weighted by atomic mass is 10.1. The lowest BCUT2D eigenvalue weighted by molar-refractivity contribution is -0.0461. The van der Waals surface area contributed by atoms with Gasteiger partial charge in [-0.2, -0.15) is 8.78 Å². The van der Waals surface area contributed by atoms with Crippen molar-refractivity contribution >= 4 is 11.0 Å². The van der Waals surface area contributed by atoms with Crippen LogP contribution in [0.5, 0.6) is 0 Å². The van der Waals surface area contributed by atoms with E-state index in [0.29, 0.717) is 36.6 Å². The highest BCUT2D eigenvalue weighted by atomic mass is 19.3. The van der Waals surface area contributed by atoms with E-state index in [-0.39, 0.29) is 18.0 Å². The largest absolute Gasteiger partial charge is 0.371 e. The molecule has 7 heteroatoms. The van der Waals surface area contributed by atoms with E-state index < -0.39 is 6.55 Å². The molecule has 0 aliphatic carbocycles. The number of aromatic nitrogens is 2. The summed E-state index contributed by atoms with van der Waals surface area (Å²) in [4.78, 5) is 6.55. The van der Waals surface area contributed by atoms with Gasteiger partial charge in [-0.05, 0) is 36.8 Å². The molecule has 0 bridgehead atoms. The Hall–Kier alpha value is -2.38. The summed E-state index contributed by atoms with van der Waals surface area (Å²) in [6, 6.07) is 12.8. The lowest BCUT2D eigenvalue weighted by Gasteiger charge is -2.36. The SMILES string of the molecule is CC(c1nc2ccccc2n1C(F)F)N1CCOC(c2ccc(F)cc2)C1. The monoisotopic (exact) mass is 375 g/mol. The minimum Gasteiger partial charge on any atom is -0.371 e. The zero-order chi connectivity index (χ0) is 19.0. The second-order valence-corrected chi connectivity index (χ2v) is 6.69. The molecule has 0 amide bonds. The number of fused-ring (bicyclic) bond motifs is 1. The summed E-state index contributed by atoms with van der Waals surface area (Å²) < 4.78 is 47.5. The summed E-state index contributed by atoms with van der Waals surface area (Å²) in [6.07, 6.45) is -0.230. The second kappa shape index (κ2) is 7.32. The molecule has 4 rings (SSSR count). The molecule has 1 aliphatic rings. The summed E-state index contributed by atoms with van der Waals surface area (Å²) in [5, 5.41) is 0.